The van der Waals surface area contributed by atoms with Gasteiger partial charge in [-0.3, -0.25) is 4.90 Å². The minimum absolute atomic E-state index is 0.0462. The van der Waals surface area contributed by atoms with Gasteiger partial charge in [0.25, 0.3) is 0 Å². The molecule has 8 nitrogen and oxygen atoms in total. The number of piperidine rings is 1. The average molecular weight is 486 g/mol. The van der Waals surface area contributed by atoms with Crippen molar-refractivity contribution in [2.45, 2.75) is 49.1 Å². The predicted molar refractivity (Wildman–Crippen MR) is 121 cm³/mol. The first kappa shape index (κ1) is 23.8. The monoisotopic (exact) mass is 485 g/mol. The largest absolute Gasteiger partial charge is 0.448 e. The molecule has 0 spiro atoms. The highest BCUT2D eigenvalue weighted by molar-refractivity contribution is 7.89. The third kappa shape index (κ3) is 5.39. The second kappa shape index (κ2) is 10.3. The van der Waals surface area contributed by atoms with Crippen molar-refractivity contribution < 1.29 is 23.1 Å². The number of aliphatic hydroxyl groups excluding tert-OH is 1. The van der Waals surface area contributed by atoms with Gasteiger partial charge in [-0.15, -0.1) is 0 Å². The van der Waals surface area contributed by atoms with E-state index in [4.69, 9.17) is 21.4 Å². The number of sulfonamides is 1. The molecule has 4 rings (SSSR count). The van der Waals surface area contributed by atoms with Gasteiger partial charge in [-0.1, -0.05) is 18.0 Å². The summed E-state index contributed by atoms with van der Waals surface area (Å²) < 4.78 is 34.5. The maximum Gasteiger partial charge on any atom is 0.409 e. The lowest BCUT2D eigenvalue weighted by Gasteiger charge is -2.41. The highest BCUT2D eigenvalue weighted by Gasteiger charge is 2.46. The maximum absolute atomic E-state index is 13.6. The molecule has 1 aromatic carbocycles. The Hall–Kier alpha value is -1.39. The van der Waals surface area contributed by atoms with Crippen molar-refractivity contribution in [2.75, 3.05) is 45.9 Å². The van der Waals surface area contributed by atoms with Gasteiger partial charge >= 0.3 is 6.09 Å². The summed E-state index contributed by atoms with van der Waals surface area (Å²) in [5.74, 6) is 0.384. The normalized spacial score (nSPS) is 25.6. The number of aliphatic hydroxyl groups is 1. The first-order chi connectivity index (χ1) is 15.4. The summed E-state index contributed by atoms with van der Waals surface area (Å²) in [4.78, 5) is 16.6. The highest BCUT2D eigenvalue weighted by Crippen LogP contribution is 2.43. The van der Waals surface area contributed by atoms with Gasteiger partial charge in [0.1, 0.15) is 6.61 Å². The lowest BCUT2D eigenvalue weighted by Crippen LogP contribution is -2.54. The molecule has 3 fully saturated rings. The number of piperazine rings is 1. The van der Waals surface area contributed by atoms with Crippen LogP contribution >= 0.6 is 11.6 Å². The first-order valence-corrected chi connectivity index (χ1v) is 13.3. The number of amides is 1. The molecular formula is C22H32ClN3O5S. The van der Waals surface area contributed by atoms with Crippen LogP contribution in [0, 0.1) is 5.92 Å². The predicted octanol–water partition coefficient (Wildman–Crippen LogP) is 2.41. The molecule has 2 saturated heterocycles. The van der Waals surface area contributed by atoms with E-state index in [1.54, 1.807) is 33.5 Å². The molecular weight excluding hydrogens is 454 g/mol. The molecule has 2 aliphatic heterocycles. The second-order valence-corrected chi connectivity index (χ2v) is 11.2. The zero-order valence-corrected chi connectivity index (χ0v) is 19.8. The van der Waals surface area contributed by atoms with Gasteiger partial charge in [-0.25, -0.2) is 13.2 Å². The van der Waals surface area contributed by atoms with E-state index in [0.717, 1.165) is 25.7 Å². The molecule has 1 saturated carbocycles. The highest BCUT2D eigenvalue weighted by atomic mass is 35.5. The molecule has 1 amide bonds. The van der Waals surface area contributed by atoms with Gasteiger partial charge in [0, 0.05) is 43.8 Å². The summed E-state index contributed by atoms with van der Waals surface area (Å²) in [6, 6.07) is 5.87. The molecule has 10 heteroatoms. The van der Waals surface area contributed by atoms with Crippen molar-refractivity contribution >= 4 is 27.7 Å². The summed E-state index contributed by atoms with van der Waals surface area (Å²) in [7, 11) is -3.73. The van der Waals surface area contributed by atoms with E-state index < -0.39 is 16.1 Å². The van der Waals surface area contributed by atoms with Gasteiger partial charge in [-0.05, 0) is 55.9 Å². The van der Waals surface area contributed by atoms with E-state index in [2.05, 4.69) is 4.90 Å². The van der Waals surface area contributed by atoms with Gasteiger partial charge in [-0.2, -0.15) is 4.31 Å². The summed E-state index contributed by atoms with van der Waals surface area (Å²) in [5.41, 5.74) is 0. The van der Waals surface area contributed by atoms with E-state index in [-0.39, 0.29) is 30.2 Å². The van der Waals surface area contributed by atoms with Crippen LogP contribution in [0.1, 0.15) is 32.1 Å². The Morgan fingerprint density at radius 2 is 1.75 bits per heavy atom. The Bertz CT molecular complexity index is 885. The summed E-state index contributed by atoms with van der Waals surface area (Å²) in [6.07, 6.45) is 4.13. The Balaban J connectivity index is 1.44. The van der Waals surface area contributed by atoms with Crippen LogP contribution in [-0.2, 0) is 14.8 Å². The number of nitrogens with zero attached hydrogens (tertiary/aromatic N) is 3. The third-order valence-electron chi connectivity index (χ3n) is 6.73. The molecule has 1 aromatic rings. The quantitative estimate of drug-likeness (QED) is 0.637. The molecule has 1 N–H and O–H groups in total. The number of β-amino-alcohol motifs (C(OH)–C–C–N with tert-alkyl or cyclic N) is 1. The van der Waals surface area contributed by atoms with Crippen LogP contribution in [0.2, 0.25) is 5.02 Å². The van der Waals surface area contributed by atoms with E-state index in [1.807, 2.05) is 0 Å². The van der Waals surface area contributed by atoms with Crippen LogP contribution in [0.4, 0.5) is 4.79 Å². The fraction of sp³-hybridized carbons (Fsp3) is 0.682. The number of rotatable bonds is 7. The van der Waals surface area contributed by atoms with Crippen molar-refractivity contribution in [1.82, 2.24) is 14.1 Å². The number of hydrogen-bond donors (Lipinski definition) is 1. The molecule has 32 heavy (non-hydrogen) atoms. The minimum atomic E-state index is -3.73. The topological polar surface area (TPSA) is 90.4 Å². The molecule has 2 atom stereocenters. The fourth-order valence-corrected chi connectivity index (χ4v) is 6.87. The SMILES string of the molecule is O=C(OC[C@H]1CCCC(C2CC2)N1S(=O)(=O)c1ccc(Cl)cc1)N1CCN(CCO)CC1. The number of hydrogen-bond acceptors (Lipinski definition) is 6. The van der Waals surface area contributed by atoms with Crippen molar-refractivity contribution in [3.63, 3.8) is 0 Å². The Kier molecular flexibility index (Phi) is 7.62. The maximum atomic E-state index is 13.6. The van der Waals surface area contributed by atoms with Crippen molar-refractivity contribution in [2.24, 2.45) is 5.92 Å². The van der Waals surface area contributed by atoms with Gasteiger partial charge in [0.2, 0.25) is 10.0 Å². The summed E-state index contributed by atoms with van der Waals surface area (Å²) in [5, 5.41) is 9.56. The number of carbonyl (C=O) groups is 1. The summed E-state index contributed by atoms with van der Waals surface area (Å²) >= 11 is 5.96. The summed E-state index contributed by atoms with van der Waals surface area (Å²) in [6.45, 7) is 3.24. The zero-order valence-electron chi connectivity index (χ0n) is 18.2. The van der Waals surface area contributed by atoms with Crippen LogP contribution in [-0.4, -0.2) is 91.7 Å². The lowest BCUT2D eigenvalue weighted by atomic mass is 9.96. The zero-order chi connectivity index (χ0) is 22.7. The van der Waals surface area contributed by atoms with E-state index in [1.165, 1.54) is 0 Å². The third-order valence-corrected chi connectivity index (χ3v) is 8.97. The fourth-order valence-electron chi connectivity index (χ4n) is 4.83. The molecule has 3 aliphatic rings. The van der Waals surface area contributed by atoms with Crippen molar-refractivity contribution in [1.29, 1.82) is 0 Å². The Morgan fingerprint density at radius 1 is 1.06 bits per heavy atom. The molecule has 0 aromatic heterocycles. The molecule has 1 aliphatic carbocycles. The van der Waals surface area contributed by atoms with Gasteiger partial charge < -0.3 is 14.7 Å². The van der Waals surface area contributed by atoms with E-state index in [0.29, 0.717) is 50.1 Å². The Morgan fingerprint density at radius 3 is 2.38 bits per heavy atom. The van der Waals surface area contributed by atoms with Gasteiger partial charge in [0.15, 0.2) is 0 Å². The second-order valence-electron chi connectivity index (χ2n) is 8.91. The minimum Gasteiger partial charge on any atom is -0.448 e. The molecule has 2 heterocycles. The number of carbonyl (C=O) groups excluding carboxylic acids is 1. The van der Waals surface area contributed by atoms with Crippen LogP contribution < -0.4 is 0 Å². The van der Waals surface area contributed by atoms with Gasteiger partial charge in [0.05, 0.1) is 17.5 Å². The van der Waals surface area contributed by atoms with Crippen LogP contribution in [0.25, 0.3) is 0 Å². The smallest absolute Gasteiger partial charge is 0.409 e. The van der Waals surface area contributed by atoms with Crippen LogP contribution in [0.15, 0.2) is 29.2 Å². The van der Waals surface area contributed by atoms with Crippen LogP contribution in [0.5, 0.6) is 0 Å². The number of benzene rings is 1. The first-order valence-electron chi connectivity index (χ1n) is 11.4. The number of halogens is 1. The molecule has 1 unspecified atom stereocenters. The van der Waals surface area contributed by atoms with Crippen molar-refractivity contribution in [3.05, 3.63) is 29.3 Å². The molecule has 178 valence electrons. The van der Waals surface area contributed by atoms with Crippen molar-refractivity contribution in [3.8, 4) is 0 Å². The standard InChI is InChI=1S/C22H32ClN3O5S/c23-18-6-8-20(9-7-18)32(29,30)26-19(2-1-3-21(26)17-4-5-17)16-31-22(28)25-12-10-24(11-13-25)14-15-27/h6-9,17,19,21,27H,1-5,10-16H2/t19-,21?/m1/s1. The van der Waals surface area contributed by atoms with Crippen LogP contribution in [0.3, 0.4) is 0 Å². The number of ether oxygens (including phenoxy) is 1. The van der Waals surface area contributed by atoms with E-state index in [9.17, 15) is 13.2 Å². The average Bonchev–Trinajstić information content (AvgIpc) is 3.63. The lowest BCUT2D eigenvalue weighted by molar-refractivity contribution is 0.0446. The Labute approximate surface area is 195 Å². The molecule has 0 bridgehead atoms. The molecule has 0 radical (unpaired) electrons. The van der Waals surface area contributed by atoms with E-state index >= 15 is 0 Å².